The van der Waals surface area contributed by atoms with Gasteiger partial charge >= 0.3 is 23.7 Å². The van der Waals surface area contributed by atoms with E-state index < -0.39 is 35.6 Å². The second-order valence-electron chi connectivity index (χ2n) is 6.83. The number of carbonyl (C=O) groups is 4. The first-order valence-electron chi connectivity index (χ1n) is 9.32. The third kappa shape index (κ3) is 5.89. The van der Waals surface area contributed by atoms with Crippen molar-refractivity contribution >= 4 is 23.8 Å². The number of hydrogen-bond donors (Lipinski definition) is 3. The number of aliphatic carboxylic acids is 1. The lowest BCUT2D eigenvalue weighted by molar-refractivity contribution is -0.230. The molecule has 0 fully saturated rings. The number of carboxylic acids is 1. The maximum atomic E-state index is 13.0. The molecule has 9 nitrogen and oxygen atoms in total. The van der Waals surface area contributed by atoms with Crippen molar-refractivity contribution in [3.8, 4) is 5.75 Å². The Kier molecular flexibility index (Phi) is 7.49. The van der Waals surface area contributed by atoms with Crippen LogP contribution in [0.2, 0.25) is 0 Å². The third-order valence-electron chi connectivity index (χ3n) is 4.45. The summed E-state index contributed by atoms with van der Waals surface area (Å²) in [7, 11) is 0. The van der Waals surface area contributed by atoms with E-state index in [4.69, 9.17) is 9.47 Å². The number of amides is 1. The number of aliphatic hydroxyl groups is 1. The molecule has 1 amide bonds. The van der Waals surface area contributed by atoms with Crippen LogP contribution < -0.4 is 10.1 Å². The van der Waals surface area contributed by atoms with E-state index in [2.05, 4.69) is 5.32 Å². The van der Waals surface area contributed by atoms with Crippen molar-refractivity contribution < 1.29 is 38.9 Å². The quantitative estimate of drug-likeness (QED) is 0.327. The highest BCUT2D eigenvalue weighted by Gasteiger charge is 2.49. The lowest BCUT2D eigenvalue weighted by Crippen LogP contribution is -2.60. The van der Waals surface area contributed by atoms with E-state index in [0.29, 0.717) is 11.1 Å². The molecule has 2 atom stereocenters. The van der Waals surface area contributed by atoms with Crippen LogP contribution in [0.15, 0.2) is 48.5 Å². The van der Waals surface area contributed by atoms with E-state index in [1.807, 2.05) is 0 Å². The van der Waals surface area contributed by atoms with Crippen LogP contribution in [0.25, 0.3) is 0 Å². The molecule has 0 radical (unpaired) electrons. The normalized spacial score (nSPS) is 13.4. The molecule has 0 aliphatic rings. The molecule has 0 saturated carbocycles. The first kappa shape index (κ1) is 23.6. The van der Waals surface area contributed by atoms with Gasteiger partial charge in [0.05, 0.1) is 0 Å². The highest BCUT2D eigenvalue weighted by Crippen LogP contribution is 2.24. The van der Waals surface area contributed by atoms with Gasteiger partial charge in [0.2, 0.25) is 0 Å². The van der Waals surface area contributed by atoms with Gasteiger partial charge < -0.3 is 25.0 Å². The highest BCUT2D eigenvalue weighted by atomic mass is 16.7. The Labute approximate surface area is 178 Å². The van der Waals surface area contributed by atoms with Gasteiger partial charge in [0, 0.05) is 25.0 Å². The largest absolute Gasteiger partial charge is 0.476 e. The van der Waals surface area contributed by atoms with Crippen molar-refractivity contribution in [3.63, 3.8) is 0 Å². The summed E-state index contributed by atoms with van der Waals surface area (Å²) in [6, 6.07) is 11.4. The first-order valence-corrected chi connectivity index (χ1v) is 9.32. The van der Waals surface area contributed by atoms with Crippen LogP contribution in [-0.2, 0) is 25.5 Å². The minimum absolute atomic E-state index is 0.0902. The monoisotopic (exact) mass is 429 g/mol. The molecule has 0 heterocycles. The Morgan fingerprint density at radius 2 is 1.65 bits per heavy atom. The maximum absolute atomic E-state index is 13.0. The van der Waals surface area contributed by atoms with E-state index >= 15 is 0 Å². The lowest BCUT2D eigenvalue weighted by atomic mass is 9.97. The summed E-state index contributed by atoms with van der Waals surface area (Å²) in [5.74, 6) is -7.05. The molecule has 0 bridgehead atoms. The third-order valence-corrected chi connectivity index (χ3v) is 4.45. The number of rotatable bonds is 8. The summed E-state index contributed by atoms with van der Waals surface area (Å²) < 4.78 is 9.77. The molecule has 164 valence electrons. The van der Waals surface area contributed by atoms with E-state index in [1.54, 1.807) is 37.3 Å². The van der Waals surface area contributed by atoms with E-state index in [1.165, 1.54) is 25.1 Å². The van der Waals surface area contributed by atoms with Gasteiger partial charge in [-0.3, -0.25) is 14.4 Å². The summed E-state index contributed by atoms with van der Waals surface area (Å²) in [5, 5.41) is 22.7. The van der Waals surface area contributed by atoms with Crippen molar-refractivity contribution in [1.82, 2.24) is 5.32 Å². The standard InChI is InChI=1S/C22H23NO8/c1-13-17(10-7-11-18(13)30-14(2)24)20(26)23-19(12-16-8-5-4-6-9-16)22(29,21(27)28)31-15(3)25/h4-11,19,29H,12H2,1-3H3,(H,23,26)(H,27,28)/t19-,22-/m0/s1. The average Bonchev–Trinajstić information content (AvgIpc) is 2.68. The Balaban J connectivity index is 2.43. The molecule has 0 unspecified atom stereocenters. The molecule has 31 heavy (non-hydrogen) atoms. The summed E-state index contributed by atoms with van der Waals surface area (Å²) >= 11 is 0. The number of ether oxygens (including phenoxy) is 2. The molecule has 0 saturated heterocycles. The van der Waals surface area contributed by atoms with Gasteiger partial charge in [-0.1, -0.05) is 36.4 Å². The van der Waals surface area contributed by atoms with Gasteiger partial charge in [-0.05, 0) is 31.0 Å². The Morgan fingerprint density at radius 1 is 1.00 bits per heavy atom. The summed E-state index contributed by atoms with van der Waals surface area (Å²) in [5.41, 5.74) is 1.01. The van der Waals surface area contributed by atoms with Crippen molar-refractivity contribution in [2.45, 2.75) is 39.0 Å². The predicted molar refractivity (Wildman–Crippen MR) is 108 cm³/mol. The number of benzene rings is 2. The highest BCUT2D eigenvalue weighted by molar-refractivity contribution is 5.97. The van der Waals surface area contributed by atoms with Crippen LogP contribution in [0, 0.1) is 6.92 Å². The van der Waals surface area contributed by atoms with Crippen molar-refractivity contribution in [3.05, 3.63) is 65.2 Å². The molecule has 0 aromatic heterocycles. The second kappa shape index (κ2) is 9.86. The van der Waals surface area contributed by atoms with E-state index in [-0.39, 0.29) is 17.7 Å². The topological polar surface area (TPSA) is 139 Å². The van der Waals surface area contributed by atoms with Gasteiger partial charge in [0.15, 0.2) is 0 Å². The van der Waals surface area contributed by atoms with Crippen LogP contribution in [0.3, 0.4) is 0 Å². The molecule has 2 rings (SSSR count). The summed E-state index contributed by atoms with van der Waals surface area (Å²) in [4.78, 5) is 47.5. The maximum Gasteiger partial charge on any atom is 0.379 e. The van der Waals surface area contributed by atoms with Crippen LogP contribution in [0.4, 0.5) is 0 Å². The van der Waals surface area contributed by atoms with Crippen molar-refractivity contribution in [1.29, 1.82) is 0 Å². The van der Waals surface area contributed by atoms with Gasteiger partial charge in [-0.15, -0.1) is 0 Å². The Bertz CT molecular complexity index is 988. The molecule has 3 N–H and O–H groups in total. The number of carboxylic acid groups (broad SMARTS) is 1. The van der Waals surface area contributed by atoms with Gasteiger partial charge in [-0.25, -0.2) is 4.79 Å². The molecule has 0 spiro atoms. The summed E-state index contributed by atoms with van der Waals surface area (Å²) in [6.45, 7) is 3.71. The number of nitrogens with one attached hydrogen (secondary N) is 1. The van der Waals surface area contributed by atoms with Crippen LogP contribution >= 0.6 is 0 Å². The minimum atomic E-state index is -3.02. The minimum Gasteiger partial charge on any atom is -0.476 e. The molecule has 0 aliphatic heterocycles. The fraction of sp³-hybridized carbons (Fsp3) is 0.273. The molecule has 2 aromatic carbocycles. The van der Waals surface area contributed by atoms with Crippen molar-refractivity contribution in [2.24, 2.45) is 0 Å². The SMILES string of the molecule is CC(=O)Oc1cccc(C(=O)N[C@@H](Cc2ccccc2)[C@](O)(OC(C)=O)C(=O)O)c1C. The van der Waals surface area contributed by atoms with E-state index in [0.717, 1.165) is 6.92 Å². The smallest absolute Gasteiger partial charge is 0.379 e. The zero-order valence-electron chi connectivity index (χ0n) is 17.2. The summed E-state index contributed by atoms with van der Waals surface area (Å²) in [6.07, 6.45) is -0.147. The zero-order valence-corrected chi connectivity index (χ0v) is 17.2. The van der Waals surface area contributed by atoms with Gasteiger partial charge in [0.1, 0.15) is 11.8 Å². The molecular formula is C22H23NO8. The molecule has 0 aliphatic carbocycles. The zero-order chi connectivity index (χ0) is 23.2. The molecule has 9 heteroatoms. The first-order chi connectivity index (χ1) is 14.5. The van der Waals surface area contributed by atoms with Gasteiger partial charge in [0.25, 0.3) is 5.91 Å². The Hall–Kier alpha value is -3.72. The average molecular weight is 429 g/mol. The number of esters is 2. The fourth-order valence-electron chi connectivity index (χ4n) is 2.98. The Morgan fingerprint density at radius 3 is 2.19 bits per heavy atom. The van der Waals surface area contributed by atoms with Crippen LogP contribution in [0.1, 0.15) is 35.3 Å². The second-order valence-corrected chi connectivity index (χ2v) is 6.83. The van der Waals surface area contributed by atoms with Crippen LogP contribution in [-0.4, -0.2) is 45.9 Å². The van der Waals surface area contributed by atoms with Crippen molar-refractivity contribution in [2.75, 3.05) is 0 Å². The van der Waals surface area contributed by atoms with E-state index in [9.17, 15) is 29.4 Å². The fourth-order valence-corrected chi connectivity index (χ4v) is 2.98. The van der Waals surface area contributed by atoms with Crippen LogP contribution in [0.5, 0.6) is 5.75 Å². The molecular weight excluding hydrogens is 406 g/mol. The number of carbonyl (C=O) groups excluding carboxylic acids is 3. The van der Waals surface area contributed by atoms with Gasteiger partial charge in [-0.2, -0.15) is 0 Å². The predicted octanol–water partition coefficient (Wildman–Crippen LogP) is 1.60. The molecule has 2 aromatic rings. The lowest BCUT2D eigenvalue weighted by Gasteiger charge is -2.32. The number of hydrogen-bond acceptors (Lipinski definition) is 7.